The maximum Gasteiger partial charge on any atom is 0.0568 e. The molecule has 1 fully saturated rings. The first-order valence-corrected chi connectivity index (χ1v) is 5.52. The second kappa shape index (κ2) is 5.58. The SMILES string of the molecule is CCCC(O)C1CCCCCC1. The maximum atomic E-state index is 9.80. The summed E-state index contributed by atoms with van der Waals surface area (Å²) in [4.78, 5) is 0. The third-order valence-corrected chi connectivity index (χ3v) is 3.03. The zero-order chi connectivity index (χ0) is 8.81. The van der Waals surface area contributed by atoms with Crippen LogP contribution in [-0.2, 0) is 0 Å². The molecule has 1 N–H and O–H groups in total. The van der Waals surface area contributed by atoms with E-state index >= 15 is 0 Å². The lowest BCUT2D eigenvalue weighted by Crippen LogP contribution is -2.19. The van der Waals surface area contributed by atoms with Crippen LogP contribution in [0.1, 0.15) is 58.3 Å². The molecule has 72 valence electrons. The van der Waals surface area contributed by atoms with Crippen LogP contribution in [0.25, 0.3) is 0 Å². The highest BCUT2D eigenvalue weighted by molar-refractivity contribution is 4.71. The van der Waals surface area contributed by atoms with Gasteiger partial charge < -0.3 is 5.11 Å². The number of hydrogen-bond acceptors (Lipinski definition) is 1. The Kier molecular flexibility index (Phi) is 4.67. The standard InChI is InChI=1S/C11H22O/c1-2-7-11(12)10-8-5-3-4-6-9-10/h10-12H,2-9H2,1H3. The van der Waals surface area contributed by atoms with Gasteiger partial charge in [-0.25, -0.2) is 0 Å². The van der Waals surface area contributed by atoms with Crippen molar-refractivity contribution in [2.24, 2.45) is 5.92 Å². The molecule has 0 aromatic carbocycles. The Hall–Kier alpha value is -0.0400. The summed E-state index contributed by atoms with van der Waals surface area (Å²) in [6.07, 6.45) is 10.1. The summed E-state index contributed by atoms with van der Waals surface area (Å²) in [5.41, 5.74) is 0. The zero-order valence-corrected chi connectivity index (χ0v) is 8.26. The highest BCUT2D eigenvalue weighted by Gasteiger charge is 2.19. The largest absolute Gasteiger partial charge is 0.393 e. The first-order valence-electron chi connectivity index (χ1n) is 5.52. The van der Waals surface area contributed by atoms with Crippen molar-refractivity contribution >= 4 is 0 Å². The van der Waals surface area contributed by atoms with Gasteiger partial charge in [0, 0.05) is 0 Å². The van der Waals surface area contributed by atoms with Crippen molar-refractivity contribution in [2.45, 2.75) is 64.4 Å². The summed E-state index contributed by atoms with van der Waals surface area (Å²) in [5.74, 6) is 0.618. The Balaban J connectivity index is 2.27. The molecule has 1 atom stereocenters. The van der Waals surface area contributed by atoms with Crippen LogP contribution >= 0.6 is 0 Å². The van der Waals surface area contributed by atoms with Crippen molar-refractivity contribution in [2.75, 3.05) is 0 Å². The fraction of sp³-hybridized carbons (Fsp3) is 1.00. The van der Waals surface area contributed by atoms with Crippen LogP contribution in [0, 0.1) is 5.92 Å². The molecule has 1 rings (SSSR count). The number of hydrogen-bond donors (Lipinski definition) is 1. The number of aliphatic hydroxyl groups excluding tert-OH is 1. The third kappa shape index (κ3) is 3.14. The molecule has 0 aliphatic heterocycles. The molecule has 0 bridgehead atoms. The van der Waals surface area contributed by atoms with Gasteiger partial charge in [0.2, 0.25) is 0 Å². The number of rotatable bonds is 3. The smallest absolute Gasteiger partial charge is 0.0568 e. The molecule has 1 saturated carbocycles. The molecule has 0 radical (unpaired) electrons. The fourth-order valence-corrected chi connectivity index (χ4v) is 2.23. The minimum Gasteiger partial charge on any atom is -0.393 e. The first-order chi connectivity index (χ1) is 5.84. The molecule has 0 amide bonds. The molecule has 0 spiro atoms. The van der Waals surface area contributed by atoms with Gasteiger partial charge in [-0.15, -0.1) is 0 Å². The lowest BCUT2D eigenvalue weighted by molar-refractivity contribution is 0.0894. The van der Waals surface area contributed by atoms with E-state index in [0.29, 0.717) is 5.92 Å². The van der Waals surface area contributed by atoms with E-state index in [1.54, 1.807) is 0 Å². The summed E-state index contributed by atoms with van der Waals surface area (Å²) < 4.78 is 0. The topological polar surface area (TPSA) is 20.2 Å². The van der Waals surface area contributed by atoms with Gasteiger partial charge in [0.1, 0.15) is 0 Å². The minimum atomic E-state index is -0.00639. The molecule has 1 nitrogen and oxygen atoms in total. The van der Waals surface area contributed by atoms with Crippen LogP contribution in [-0.4, -0.2) is 11.2 Å². The van der Waals surface area contributed by atoms with Crippen LogP contribution in [0.15, 0.2) is 0 Å². The highest BCUT2D eigenvalue weighted by atomic mass is 16.3. The quantitative estimate of drug-likeness (QED) is 0.645. The summed E-state index contributed by atoms with van der Waals surface area (Å²) in [5, 5.41) is 9.80. The van der Waals surface area contributed by atoms with Crippen molar-refractivity contribution in [3.63, 3.8) is 0 Å². The Morgan fingerprint density at radius 2 is 1.75 bits per heavy atom. The monoisotopic (exact) mass is 170 g/mol. The first kappa shape index (κ1) is 10.0. The maximum absolute atomic E-state index is 9.80. The Labute approximate surface area is 76.2 Å². The average Bonchev–Trinajstić information content (AvgIpc) is 2.32. The zero-order valence-electron chi connectivity index (χ0n) is 8.26. The van der Waals surface area contributed by atoms with Gasteiger partial charge in [-0.3, -0.25) is 0 Å². The molecule has 0 heterocycles. The second-order valence-corrected chi connectivity index (χ2v) is 4.11. The van der Waals surface area contributed by atoms with E-state index in [2.05, 4.69) is 6.92 Å². The summed E-state index contributed by atoms with van der Waals surface area (Å²) >= 11 is 0. The third-order valence-electron chi connectivity index (χ3n) is 3.03. The van der Waals surface area contributed by atoms with Gasteiger partial charge in [0.15, 0.2) is 0 Å². The van der Waals surface area contributed by atoms with Crippen molar-refractivity contribution in [1.29, 1.82) is 0 Å². The Morgan fingerprint density at radius 3 is 2.25 bits per heavy atom. The lowest BCUT2D eigenvalue weighted by Gasteiger charge is -2.20. The van der Waals surface area contributed by atoms with Gasteiger partial charge in [0.05, 0.1) is 6.10 Å². The van der Waals surface area contributed by atoms with Crippen molar-refractivity contribution < 1.29 is 5.11 Å². The van der Waals surface area contributed by atoms with Crippen LogP contribution < -0.4 is 0 Å². The molecular formula is C11H22O. The van der Waals surface area contributed by atoms with E-state index in [1.165, 1.54) is 38.5 Å². The lowest BCUT2D eigenvalue weighted by atomic mass is 9.91. The molecular weight excluding hydrogens is 148 g/mol. The molecule has 0 aromatic rings. The van der Waals surface area contributed by atoms with Gasteiger partial charge >= 0.3 is 0 Å². The van der Waals surface area contributed by atoms with E-state index in [1.807, 2.05) is 0 Å². The summed E-state index contributed by atoms with van der Waals surface area (Å²) in [6, 6.07) is 0. The molecule has 1 heteroatoms. The van der Waals surface area contributed by atoms with Crippen LogP contribution in [0.4, 0.5) is 0 Å². The van der Waals surface area contributed by atoms with E-state index in [9.17, 15) is 5.11 Å². The van der Waals surface area contributed by atoms with E-state index in [0.717, 1.165) is 12.8 Å². The normalized spacial score (nSPS) is 23.5. The van der Waals surface area contributed by atoms with Crippen molar-refractivity contribution in [3.05, 3.63) is 0 Å². The second-order valence-electron chi connectivity index (χ2n) is 4.11. The van der Waals surface area contributed by atoms with Gasteiger partial charge in [-0.05, 0) is 25.2 Å². The molecule has 1 aliphatic rings. The Morgan fingerprint density at radius 1 is 1.17 bits per heavy atom. The van der Waals surface area contributed by atoms with Gasteiger partial charge in [-0.2, -0.15) is 0 Å². The highest BCUT2D eigenvalue weighted by Crippen LogP contribution is 2.27. The molecule has 1 unspecified atom stereocenters. The van der Waals surface area contributed by atoms with Gasteiger partial charge in [0.25, 0.3) is 0 Å². The fourth-order valence-electron chi connectivity index (χ4n) is 2.23. The summed E-state index contributed by atoms with van der Waals surface area (Å²) in [6.45, 7) is 2.15. The average molecular weight is 170 g/mol. The molecule has 12 heavy (non-hydrogen) atoms. The van der Waals surface area contributed by atoms with Crippen LogP contribution in [0.3, 0.4) is 0 Å². The van der Waals surface area contributed by atoms with E-state index in [-0.39, 0.29) is 6.10 Å². The molecule has 0 aromatic heterocycles. The predicted molar refractivity (Wildman–Crippen MR) is 52.1 cm³/mol. The Bertz CT molecular complexity index is 104. The van der Waals surface area contributed by atoms with E-state index < -0.39 is 0 Å². The van der Waals surface area contributed by atoms with Crippen LogP contribution in [0.2, 0.25) is 0 Å². The molecule has 1 aliphatic carbocycles. The summed E-state index contributed by atoms with van der Waals surface area (Å²) in [7, 11) is 0. The van der Waals surface area contributed by atoms with E-state index in [4.69, 9.17) is 0 Å². The van der Waals surface area contributed by atoms with Crippen molar-refractivity contribution in [1.82, 2.24) is 0 Å². The molecule has 0 saturated heterocycles. The minimum absolute atomic E-state index is 0.00639. The van der Waals surface area contributed by atoms with Crippen LogP contribution in [0.5, 0.6) is 0 Å². The predicted octanol–water partition coefficient (Wildman–Crippen LogP) is 3.12. The van der Waals surface area contributed by atoms with Crippen molar-refractivity contribution in [3.8, 4) is 0 Å². The number of aliphatic hydroxyl groups is 1. The van der Waals surface area contributed by atoms with Gasteiger partial charge in [-0.1, -0.05) is 39.0 Å².